The lowest BCUT2D eigenvalue weighted by atomic mass is 9.87. The van der Waals surface area contributed by atoms with E-state index < -0.39 is 0 Å². The summed E-state index contributed by atoms with van der Waals surface area (Å²) < 4.78 is 22.0. The Morgan fingerprint density at radius 2 is 1.65 bits per heavy atom. The molecule has 182 valence electrons. The molecule has 7 nitrogen and oxygen atoms in total. The molecule has 1 aliphatic carbocycles. The van der Waals surface area contributed by atoms with Gasteiger partial charge in [0.15, 0.2) is 23.0 Å². The maximum absolute atomic E-state index is 13.0. The molecule has 0 saturated carbocycles. The molecule has 0 N–H and O–H groups in total. The highest BCUT2D eigenvalue weighted by molar-refractivity contribution is 5.80. The Morgan fingerprint density at radius 1 is 0.971 bits per heavy atom. The number of fused-ring (bicyclic) bond motifs is 3. The van der Waals surface area contributed by atoms with E-state index in [0.29, 0.717) is 25.0 Å². The zero-order valence-corrected chi connectivity index (χ0v) is 20.4. The first-order valence-electron chi connectivity index (χ1n) is 12.2. The molecule has 0 spiro atoms. The van der Waals surface area contributed by atoms with Crippen LogP contribution < -0.4 is 18.9 Å². The maximum Gasteiger partial charge on any atom is 0.231 e. The molecule has 2 aromatic carbocycles. The van der Waals surface area contributed by atoms with Gasteiger partial charge in [0.2, 0.25) is 12.7 Å². The number of benzene rings is 2. The number of nitrogens with zero attached hydrogens (tertiary/aromatic N) is 2. The normalized spacial score (nSPS) is 19.0. The van der Waals surface area contributed by atoms with Crippen molar-refractivity contribution in [3.8, 4) is 23.0 Å². The number of amides is 1. The van der Waals surface area contributed by atoms with Gasteiger partial charge >= 0.3 is 0 Å². The quantitative estimate of drug-likeness (QED) is 0.625. The van der Waals surface area contributed by atoms with Crippen molar-refractivity contribution < 1.29 is 23.7 Å². The van der Waals surface area contributed by atoms with E-state index in [1.807, 2.05) is 17.0 Å². The summed E-state index contributed by atoms with van der Waals surface area (Å²) in [5.74, 6) is 3.35. The van der Waals surface area contributed by atoms with Gasteiger partial charge in [0.25, 0.3) is 0 Å². The van der Waals surface area contributed by atoms with Gasteiger partial charge < -0.3 is 28.7 Å². The molecule has 1 atom stereocenters. The van der Waals surface area contributed by atoms with E-state index >= 15 is 0 Å². The average molecular weight is 467 g/mol. The van der Waals surface area contributed by atoms with Crippen LogP contribution in [0, 0.1) is 0 Å². The lowest BCUT2D eigenvalue weighted by Gasteiger charge is -2.33. The fourth-order valence-electron chi connectivity index (χ4n) is 5.45. The van der Waals surface area contributed by atoms with Crippen molar-refractivity contribution in [2.75, 3.05) is 47.7 Å². The van der Waals surface area contributed by atoms with Crippen LogP contribution in [0.2, 0.25) is 0 Å². The smallest absolute Gasteiger partial charge is 0.231 e. The minimum Gasteiger partial charge on any atom is -0.493 e. The summed E-state index contributed by atoms with van der Waals surface area (Å²) in [5.41, 5.74) is 4.98. The molecule has 0 fully saturated rings. The van der Waals surface area contributed by atoms with Crippen molar-refractivity contribution >= 4 is 5.91 Å². The summed E-state index contributed by atoms with van der Waals surface area (Å²) in [7, 11) is 5.49. The average Bonchev–Trinajstić information content (AvgIpc) is 3.25. The lowest BCUT2D eigenvalue weighted by Crippen LogP contribution is -2.39. The summed E-state index contributed by atoms with van der Waals surface area (Å²) in [5, 5.41) is 0. The Kier molecular flexibility index (Phi) is 6.55. The van der Waals surface area contributed by atoms with Crippen LogP contribution in [0.4, 0.5) is 0 Å². The van der Waals surface area contributed by atoms with Crippen molar-refractivity contribution in [3.05, 3.63) is 46.5 Å². The topological polar surface area (TPSA) is 60.5 Å². The molecule has 5 rings (SSSR count). The van der Waals surface area contributed by atoms with Crippen molar-refractivity contribution in [3.63, 3.8) is 0 Å². The Bertz CT molecular complexity index is 1070. The maximum atomic E-state index is 13.0. The largest absolute Gasteiger partial charge is 0.493 e. The van der Waals surface area contributed by atoms with Crippen LogP contribution in [0.25, 0.3) is 0 Å². The molecule has 2 heterocycles. The second-order valence-electron chi connectivity index (χ2n) is 9.49. The molecule has 1 unspecified atom stereocenters. The number of carbonyl (C=O) groups is 1. The van der Waals surface area contributed by atoms with Gasteiger partial charge in [-0.1, -0.05) is 0 Å². The molecule has 0 radical (unpaired) electrons. The van der Waals surface area contributed by atoms with Gasteiger partial charge in [0.05, 0.1) is 20.6 Å². The summed E-state index contributed by atoms with van der Waals surface area (Å²) in [6.45, 7) is 2.83. The number of hydrogen-bond donors (Lipinski definition) is 0. The van der Waals surface area contributed by atoms with Crippen LogP contribution >= 0.6 is 0 Å². The predicted octanol–water partition coefficient (Wildman–Crippen LogP) is 3.24. The summed E-state index contributed by atoms with van der Waals surface area (Å²) in [6, 6.07) is 8.80. The van der Waals surface area contributed by atoms with Crippen LogP contribution in [0.15, 0.2) is 24.3 Å². The zero-order chi connectivity index (χ0) is 23.7. The van der Waals surface area contributed by atoms with E-state index in [-0.39, 0.29) is 5.91 Å². The van der Waals surface area contributed by atoms with Crippen LogP contribution in [0.5, 0.6) is 23.0 Å². The van der Waals surface area contributed by atoms with Gasteiger partial charge in [0, 0.05) is 19.1 Å². The predicted molar refractivity (Wildman–Crippen MR) is 129 cm³/mol. The third-order valence-electron chi connectivity index (χ3n) is 7.51. The number of hydrogen-bond acceptors (Lipinski definition) is 6. The highest BCUT2D eigenvalue weighted by atomic mass is 16.7. The third kappa shape index (κ3) is 4.53. The summed E-state index contributed by atoms with van der Waals surface area (Å²) >= 11 is 0. The number of aryl methyl sites for hydroxylation is 1. The summed E-state index contributed by atoms with van der Waals surface area (Å²) in [6.07, 6.45) is 5.47. The first-order valence-corrected chi connectivity index (χ1v) is 12.2. The minimum absolute atomic E-state index is 0.191. The van der Waals surface area contributed by atoms with Crippen LogP contribution in [0.3, 0.4) is 0 Å². The molecule has 2 aliphatic heterocycles. The molecule has 0 bridgehead atoms. The van der Waals surface area contributed by atoms with Gasteiger partial charge in [-0.15, -0.1) is 0 Å². The standard InChI is InChI=1S/C27H34N2O5/c1-28(22-6-5-18-13-25-26(34-17-33-25)15-20(18)11-22)8-4-9-29-10-7-19-12-23(31-2)24(32-3)14-21(19)16-27(29)30/h12-15,22H,4-11,16-17H2,1-3H3. The molecule has 34 heavy (non-hydrogen) atoms. The van der Waals surface area contributed by atoms with E-state index in [2.05, 4.69) is 24.1 Å². The Hall–Kier alpha value is -2.93. The molecule has 1 amide bonds. The lowest BCUT2D eigenvalue weighted by molar-refractivity contribution is -0.130. The highest BCUT2D eigenvalue weighted by Gasteiger charge is 2.26. The highest BCUT2D eigenvalue weighted by Crippen LogP contribution is 2.38. The first-order chi connectivity index (χ1) is 16.6. The molecule has 7 heteroatoms. The minimum atomic E-state index is 0.191. The van der Waals surface area contributed by atoms with Crippen LogP contribution in [0.1, 0.15) is 35.1 Å². The number of likely N-dealkylation sites (N-methyl/N-ethyl adjacent to an activating group) is 1. The zero-order valence-electron chi connectivity index (χ0n) is 20.4. The Balaban J connectivity index is 1.15. The molecular formula is C27H34N2O5. The fourth-order valence-corrected chi connectivity index (χ4v) is 5.45. The number of ether oxygens (including phenoxy) is 4. The van der Waals surface area contributed by atoms with Crippen molar-refractivity contribution in [2.24, 2.45) is 0 Å². The van der Waals surface area contributed by atoms with Gasteiger partial charge in [-0.25, -0.2) is 0 Å². The van der Waals surface area contributed by atoms with Crippen molar-refractivity contribution in [1.29, 1.82) is 0 Å². The molecule has 0 saturated heterocycles. The van der Waals surface area contributed by atoms with E-state index in [4.69, 9.17) is 18.9 Å². The third-order valence-corrected chi connectivity index (χ3v) is 7.51. The van der Waals surface area contributed by atoms with E-state index in [0.717, 1.165) is 74.6 Å². The van der Waals surface area contributed by atoms with E-state index in [1.54, 1.807) is 14.2 Å². The SMILES string of the molecule is COc1cc2c(cc1OC)CC(=O)N(CCCN(C)C1CCc3cc4c(cc3C1)OCO4)CC2. The fraction of sp³-hybridized carbons (Fsp3) is 0.519. The molecular weight excluding hydrogens is 432 g/mol. The number of methoxy groups -OCH3 is 2. The van der Waals surface area contributed by atoms with Crippen molar-refractivity contribution in [2.45, 2.75) is 44.6 Å². The van der Waals surface area contributed by atoms with Crippen molar-refractivity contribution in [1.82, 2.24) is 9.80 Å². The Morgan fingerprint density at radius 3 is 2.38 bits per heavy atom. The number of carbonyl (C=O) groups excluding carboxylic acids is 1. The molecule has 0 aromatic heterocycles. The molecule has 2 aromatic rings. The van der Waals surface area contributed by atoms with Gasteiger partial charge in [0.1, 0.15) is 0 Å². The molecule has 3 aliphatic rings. The monoisotopic (exact) mass is 466 g/mol. The second kappa shape index (κ2) is 9.74. The number of rotatable bonds is 7. The van der Waals surface area contributed by atoms with Gasteiger partial charge in [-0.05, 0) is 92.2 Å². The Labute approximate surface area is 201 Å². The van der Waals surface area contributed by atoms with Gasteiger partial charge in [-0.2, -0.15) is 0 Å². The summed E-state index contributed by atoms with van der Waals surface area (Å²) in [4.78, 5) is 17.4. The first kappa shape index (κ1) is 22.8. The van der Waals surface area contributed by atoms with Crippen LogP contribution in [-0.4, -0.2) is 69.4 Å². The van der Waals surface area contributed by atoms with Crippen LogP contribution in [-0.2, 0) is 30.5 Å². The second-order valence-corrected chi connectivity index (χ2v) is 9.49. The van der Waals surface area contributed by atoms with E-state index in [1.165, 1.54) is 16.7 Å². The van der Waals surface area contributed by atoms with Gasteiger partial charge in [-0.3, -0.25) is 4.79 Å². The van der Waals surface area contributed by atoms with E-state index in [9.17, 15) is 4.79 Å².